The van der Waals surface area contributed by atoms with E-state index in [1.54, 1.807) is 0 Å². The molecule has 0 amide bonds. The van der Waals surface area contributed by atoms with Crippen LogP contribution in [0.4, 0.5) is 34.1 Å². The van der Waals surface area contributed by atoms with Crippen LogP contribution in [0.3, 0.4) is 0 Å². The fourth-order valence-electron chi connectivity index (χ4n) is 10.6. The molecule has 280 valence electrons. The molecule has 9 aromatic rings. The molecular formula is C54H49N3. The van der Waals surface area contributed by atoms with Gasteiger partial charge in [-0.15, -0.1) is 0 Å². The summed E-state index contributed by atoms with van der Waals surface area (Å²) >= 11 is 0. The van der Waals surface area contributed by atoms with Crippen LogP contribution in [0.1, 0.15) is 87.2 Å². The first kappa shape index (κ1) is 34.2. The zero-order chi connectivity index (χ0) is 37.7. The molecule has 0 atom stereocenters. The van der Waals surface area contributed by atoms with Gasteiger partial charge in [0.2, 0.25) is 0 Å². The second-order valence-electron chi connectivity index (χ2n) is 16.6. The van der Waals surface area contributed by atoms with Crippen LogP contribution in [0.2, 0.25) is 0 Å². The standard InChI is InChI=1S/C54H49N3/c1-5-16-38(17-6-1)40-30-34-44(35-31-40)55(42-20-9-3-10-21-42)48-26-14-28-50-52(48)46-24-13-25-47-53-49(27-15-29-51(53)57(50)54(46)47)56(43-22-11-4-12-23-43)45-36-32-41(33-37-45)39-18-7-2-8-19-39/h3-4,9-15,20-39H,1-2,5-8,16-19H2. The third kappa shape index (κ3) is 5.86. The van der Waals surface area contributed by atoms with Crippen molar-refractivity contribution in [3.8, 4) is 0 Å². The van der Waals surface area contributed by atoms with Crippen LogP contribution < -0.4 is 9.80 Å². The van der Waals surface area contributed by atoms with Gasteiger partial charge in [-0.3, -0.25) is 0 Å². The molecule has 57 heavy (non-hydrogen) atoms. The Balaban J connectivity index is 1.09. The number of hydrogen-bond acceptors (Lipinski definition) is 2. The van der Waals surface area contributed by atoms with E-state index in [0.717, 1.165) is 0 Å². The minimum Gasteiger partial charge on any atom is -0.310 e. The highest BCUT2D eigenvalue weighted by atomic mass is 15.2. The van der Waals surface area contributed by atoms with Gasteiger partial charge in [0, 0.05) is 44.3 Å². The van der Waals surface area contributed by atoms with Crippen LogP contribution in [0, 0.1) is 0 Å². The third-order valence-corrected chi connectivity index (χ3v) is 13.3. The monoisotopic (exact) mass is 739 g/mol. The molecule has 0 aliphatic heterocycles. The van der Waals surface area contributed by atoms with Gasteiger partial charge in [-0.25, -0.2) is 0 Å². The summed E-state index contributed by atoms with van der Waals surface area (Å²) in [5.74, 6) is 1.36. The predicted molar refractivity (Wildman–Crippen MR) is 242 cm³/mol. The first-order valence-corrected chi connectivity index (χ1v) is 21.4. The summed E-state index contributed by atoms with van der Waals surface area (Å²) in [6, 6.07) is 61.5. The highest BCUT2D eigenvalue weighted by Crippen LogP contribution is 2.49. The van der Waals surface area contributed by atoms with E-state index < -0.39 is 0 Å². The van der Waals surface area contributed by atoms with E-state index in [0.29, 0.717) is 11.8 Å². The molecule has 2 fully saturated rings. The second-order valence-corrected chi connectivity index (χ2v) is 16.6. The van der Waals surface area contributed by atoms with E-state index in [-0.39, 0.29) is 0 Å². The number of nitrogens with zero attached hydrogens (tertiary/aromatic N) is 3. The molecule has 2 aliphatic rings. The topological polar surface area (TPSA) is 10.9 Å². The molecule has 7 aromatic carbocycles. The largest absolute Gasteiger partial charge is 0.310 e. The Morgan fingerprint density at radius 3 is 1.16 bits per heavy atom. The van der Waals surface area contributed by atoms with Crippen LogP contribution in [-0.4, -0.2) is 4.40 Å². The molecule has 0 saturated heterocycles. The lowest BCUT2D eigenvalue weighted by atomic mass is 9.84. The normalized spacial score (nSPS) is 15.6. The van der Waals surface area contributed by atoms with Gasteiger partial charge in [-0.1, -0.05) is 130 Å². The van der Waals surface area contributed by atoms with Gasteiger partial charge in [-0.2, -0.15) is 0 Å². The summed E-state index contributed by atoms with van der Waals surface area (Å²) in [5, 5.41) is 5.12. The zero-order valence-electron chi connectivity index (χ0n) is 32.7. The number of para-hydroxylation sites is 3. The van der Waals surface area contributed by atoms with Crippen molar-refractivity contribution in [3.05, 3.63) is 175 Å². The maximum Gasteiger partial charge on any atom is 0.0622 e. The maximum atomic E-state index is 2.53. The highest BCUT2D eigenvalue weighted by Gasteiger charge is 2.26. The average Bonchev–Trinajstić information content (AvgIpc) is 3.82. The molecular weight excluding hydrogens is 691 g/mol. The number of anilines is 6. The Labute approximate surface area is 336 Å². The summed E-state index contributed by atoms with van der Waals surface area (Å²) in [6.45, 7) is 0. The van der Waals surface area contributed by atoms with Crippen molar-refractivity contribution in [1.82, 2.24) is 4.40 Å². The maximum absolute atomic E-state index is 2.53. The molecule has 3 heteroatoms. The summed E-state index contributed by atoms with van der Waals surface area (Å²) in [6.07, 6.45) is 13.4. The SMILES string of the molecule is c1ccc(N(c2ccc(C3CCCCC3)cc2)c2cccc3c2c2cccc4c5c(N(c6ccccc6)c6ccc(C7CCCCC7)cc6)cccc5n3c24)cc1. The van der Waals surface area contributed by atoms with Crippen molar-refractivity contribution in [2.75, 3.05) is 9.80 Å². The van der Waals surface area contributed by atoms with E-state index in [2.05, 4.69) is 178 Å². The van der Waals surface area contributed by atoms with Gasteiger partial charge in [-0.05, 0) is 121 Å². The highest BCUT2D eigenvalue weighted by molar-refractivity contribution is 6.28. The first-order valence-electron chi connectivity index (χ1n) is 21.4. The molecule has 2 saturated carbocycles. The smallest absolute Gasteiger partial charge is 0.0622 e. The lowest BCUT2D eigenvalue weighted by molar-refractivity contribution is 0.443. The Hall–Kier alpha value is -6.06. The molecule has 0 unspecified atom stereocenters. The van der Waals surface area contributed by atoms with Gasteiger partial charge in [0.25, 0.3) is 0 Å². The van der Waals surface area contributed by atoms with Crippen molar-refractivity contribution in [3.63, 3.8) is 0 Å². The van der Waals surface area contributed by atoms with Crippen LogP contribution in [-0.2, 0) is 0 Å². The summed E-state index contributed by atoms with van der Waals surface area (Å²) < 4.78 is 2.53. The van der Waals surface area contributed by atoms with Gasteiger partial charge >= 0.3 is 0 Å². The van der Waals surface area contributed by atoms with Crippen LogP contribution in [0.25, 0.3) is 38.1 Å². The summed E-state index contributed by atoms with van der Waals surface area (Å²) in [7, 11) is 0. The first-order chi connectivity index (χ1) is 28.3. The zero-order valence-corrected chi connectivity index (χ0v) is 32.7. The van der Waals surface area contributed by atoms with Crippen LogP contribution in [0.15, 0.2) is 164 Å². The molecule has 2 heterocycles. The number of fused-ring (bicyclic) bond motifs is 6. The van der Waals surface area contributed by atoms with E-state index in [4.69, 9.17) is 0 Å². The van der Waals surface area contributed by atoms with Gasteiger partial charge < -0.3 is 14.2 Å². The van der Waals surface area contributed by atoms with Crippen molar-refractivity contribution >= 4 is 72.2 Å². The lowest BCUT2D eigenvalue weighted by Gasteiger charge is -2.28. The number of aromatic nitrogens is 1. The van der Waals surface area contributed by atoms with E-state index >= 15 is 0 Å². The number of rotatable bonds is 8. The fraction of sp³-hybridized carbons (Fsp3) is 0.222. The molecule has 11 rings (SSSR count). The number of benzene rings is 7. The third-order valence-electron chi connectivity index (χ3n) is 13.3. The Morgan fingerprint density at radius 1 is 0.351 bits per heavy atom. The van der Waals surface area contributed by atoms with Crippen molar-refractivity contribution in [1.29, 1.82) is 0 Å². The molecule has 0 radical (unpaired) electrons. The van der Waals surface area contributed by atoms with Gasteiger partial charge in [0.15, 0.2) is 0 Å². The molecule has 0 N–H and O–H groups in total. The summed E-state index contributed by atoms with van der Waals surface area (Å²) in [5.41, 5.74) is 13.8. The van der Waals surface area contributed by atoms with Crippen molar-refractivity contribution in [2.24, 2.45) is 0 Å². The Kier molecular flexibility index (Phi) is 8.68. The summed E-state index contributed by atoms with van der Waals surface area (Å²) in [4.78, 5) is 4.94. The van der Waals surface area contributed by atoms with E-state index in [1.165, 1.54) is 148 Å². The van der Waals surface area contributed by atoms with Crippen LogP contribution in [0.5, 0.6) is 0 Å². The minimum atomic E-state index is 0.680. The van der Waals surface area contributed by atoms with Crippen molar-refractivity contribution in [2.45, 2.75) is 76.0 Å². The molecule has 3 nitrogen and oxygen atoms in total. The second kappa shape index (κ2) is 14.5. The Morgan fingerprint density at radius 2 is 0.737 bits per heavy atom. The minimum absolute atomic E-state index is 0.680. The quantitative estimate of drug-likeness (QED) is 0.154. The number of hydrogen-bond donors (Lipinski definition) is 0. The molecule has 2 aromatic heterocycles. The van der Waals surface area contributed by atoms with E-state index in [9.17, 15) is 0 Å². The molecule has 2 aliphatic carbocycles. The van der Waals surface area contributed by atoms with E-state index in [1.807, 2.05) is 0 Å². The molecule has 0 spiro atoms. The lowest BCUT2D eigenvalue weighted by Crippen LogP contribution is -2.11. The molecule has 0 bridgehead atoms. The van der Waals surface area contributed by atoms with Crippen molar-refractivity contribution < 1.29 is 0 Å². The van der Waals surface area contributed by atoms with Gasteiger partial charge in [0.05, 0.1) is 27.9 Å². The fourth-order valence-corrected chi connectivity index (χ4v) is 10.6. The predicted octanol–water partition coefficient (Wildman–Crippen LogP) is 15.9. The van der Waals surface area contributed by atoms with Crippen LogP contribution >= 0.6 is 0 Å². The van der Waals surface area contributed by atoms with Gasteiger partial charge in [0.1, 0.15) is 0 Å². The Bertz CT molecular complexity index is 2600. The average molecular weight is 740 g/mol.